The van der Waals surface area contributed by atoms with Gasteiger partial charge in [0.1, 0.15) is 6.61 Å². The maximum absolute atomic E-state index is 5.64. The van der Waals surface area contributed by atoms with E-state index in [1.807, 2.05) is 0 Å². The maximum Gasteiger partial charge on any atom is 0.129 e. The lowest BCUT2D eigenvalue weighted by molar-refractivity contribution is 0.113. The van der Waals surface area contributed by atoms with Crippen LogP contribution >= 0.6 is 0 Å². The second-order valence-electron chi connectivity index (χ2n) is 7.41. The summed E-state index contributed by atoms with van der Waals surface area (Å²) in [7, 11) is 0. The van der Waals surface area contributed by atoms with E-state index in [-0.39, 0.29) is 5.41 Å². The van der Waals surface area contributed by atoms with Gasteiger partial charge in [-0.25, -0.2) is 0 Å². The monoisotopic (exact) mass is 264 g/mol. The second kappa shape index (κ2) is 4.76. The predicted octanol–water partition coefficient (Wildman–Crippen LogP) is 3.30. The highest BCUT2D eigenvalue weighted by molar-refractivity contribution is 5.93. The number of hydrogen-bond acceptors (Lipinski definition) is 3. The third-order valence-electron chi connectivity index (χ3n) is 6.38. The van der Waals surface area contributed by atoms with Crippen molar-refractivity contribution < 1.29 is 4.84 Å². The summed E-state index contributed by atoms with van der Waals surface area (Å²) in [4.78, 5) is 8.12. The summed E-state index contributed by atoms with van der Waals surface area (Å²) in [5.41, 5.74) is 2.02. The third-order valence-corrected chi connectivity index (χ3v) is 6.38. The van der Waals surface area contributed by atoms with Crippen molar-refractivity contribution in [1.82, 2.24) is 4.90 Å². The first kappa shape index (κ1) is 13.4. The van der Waals surface area contributed by atoms with Gasteiger partial charge in [0, 0.05) is 12.0 Å². The Bertz CT molecular complexity index is 371. The highest BCUT2D eigenvalue weighted by Gasteiger charge is 2.60. The standard InChI is InChI=1S/C16H28N2O/c1-15(2)13-6-7-16(15,3)14(12-13)17-19-11-10-18-8-4-5-9-18/h13H,4-12H2,1-3H3/b17-14+. The first-order valence-corrected chi connectivity index (χ1v) is 7.96. The van der Waals surface area contributed by atoms with Crippen LogP contribution in [-0.2, 0) is 4.84 Å². The molecule has 108 valence electrons. The van der Waals surface area contributed by atoms with Crippen LogP contribution in [0.1, 0.15) is 52.9 Å². The Balaban J connectivity index is 1.54. The summed E-state index contributed by atoms with van der Waals surface area (Å²) in [6.07, 6.45) is 6.52. The van der Waals surface area contributed by atoms with Crippen molar-refractivity contribution in [1.29, 1.82) is 0 Å². The summed E-state index contributed by atoms with van der Waals surface area (Å²) in [6.45, 7) is 11.5. The normalized spacial score (nSPS) is 39.3. The molecule has 0 spiro atoms. The number of likely N-dealkylation sites (tertiary alicyclic amines) is 1. The molecule has 1 aliphatic heterocycles. The molecular weight excluding hydrogens is 236 g/mol. The van der Waals surface area contributed by atoms with Gasteiger partial charge in [0.2, 0.25) is 0 Å². The molecule has 3 fully saturated rings. The smallest absolute Gasteiger partial charge is 0.129 e. The average Bonchev–Trinajstić information content (AvgIpc) is 3.00. The Hall–Kier alpha value is -0.570. The fourth-order valence-electron chi connectivity index (χ4n) is 4.37. The maximum atomic E-state index is 5.64. The lowest BCUT2D eigenvalue weighted by Gasteiger charge is -2.34. The van der Waals surface area contributed by atoms with Gasteiger partial charge in [-0.2, -0.15) is 0 Å². The first-order valence-electron chi connectivity index (χ1n) is 7.96. The lowest BCUT2D eigenvalue weighted by Crippen LogP contribution is -2.32. The van der Waals surface area contributed by atoms with Crippen LogP contribution in [-0.4, -0.2) is 36.9 Å². The van der Waals surface area contributed by atoms with Gasteiger partial charge in [0.05, 0.1) is 5.71 Å². The fraction of sp³-hybridized carbons (Fsp3) is 0.938. The molecule has 3 rings (SSSR count). The van der Waals surface area contributed by atoms with E-state index in [1.54, 1.807) is 0 Å². The number of nitrogens with zero attached hydrogens (tertiary/aromatic N) is 2. The summed E-state index contributed by atoms with van der Waals surface area (Å²) in [5.74, 6) is 0.818. The van der Waals surface area contributed by atoms with Gasteiger partial charge in [0.15, 0.2) is 0 Å². The van der Waals surface area contributed by atoms with Gasteiger partial charge in [-0.15, -0.1) is 0 Å². The van der Waals surface area contributed by atoms with Crippen LogP contribution in [0.2, 0.25) is 0 Å². The van der Waals surface area contributed by atoms with Crippen molar-refractivity contribution >= 4 is 5.71 Å². The minimum absolute atomic E-state index is 0.283. The zero-order valence-electron chi connectivity index (χ0n) is 12.7. The predicted molar refractivity (Wildman–Crippen MR) is 78.3 cm³/mol. The Kier molecular flexibility index (Phi) is 3.36. The third kappa shape index (κ3) is 2.10. The summed E-state index contributed by atoms with van der Waals surface area (Å²) in [5, 5.41) is 4.52. The van der Waals surface area contributed by atoms with Gasteiger partial charge < -0.3 is 4.84 Å². The zero-order valence-corrected chi connectivity index (χ0v) is 12.7. The molecule has 0 aromatic rings. The molecule has 0 radical (unpaired) electrons. The van der Waals surface area contributed by atoms with E-state index in [0.717, 1.165) is 25.5 Å². The summed E-state index contributed by atoms with van der Waals surface area (Å²) >= 11 is 0. The van der Waals surface area contributed by atoms with E-state index < -0.39 is 0 Å². The van der Waals surface area contributed by atoms with Gasteiger partial charge in [-0.05, 0) is 56.5 Å². The molecule has 0 aromatic heterocycles. The van der Waals surface area contributed by atoms with Crippen LogP contribution in [0.5, 0.6) is 0 Å². The van der Waals surface area contributed by atoms with E-state index in [1.165, 1.54) is 44.5 Å². The first-order chi connectivity index (χ1) is 9.04. The molecule has 3 nitrogen and oxygen atoms in total. The topological polar surface area (TPSA) is 24.8 Å². The minimum Gasteiger partial charge on any atom is -0.394 e. The van der Waals surface area contributed by atoms with Gasteiger partial charge in [-0.1, -0.05) is 25.9 Å². The molecule has 1 saturated heterocycles. The molecule has 2 bridgehead atoms. The molecule has 19 heavy (non-hydrogen) atoms. The largest absolute Gasteiger partial charge is 0.394 e. The summed E-state index contributed by atoms with van der Waals surface area (Å²) in [6, 6.07) is 0. The van der Waals surface area contributed by atoms with Crippen LogP contribution in [0.15, 0.2) is 5.16 Å². The average molecular weight is 264 g/mol. The van der Waals surface area contributed by atoms with Crippen LogP contribution < -0.4 is 0 Å². The van der Waals surface area contributed by atoms with Crippen molar-refractivity contribution in [3.8, 4) is 0 Å². The van der Waals surface area contributed by atoms with Gasteiger partial charge in [-0.3, -0.25) is 4.90 Å². The number of oxime groups is 1. The molecule has 3 heteroatoms. The van der Waals surface area contributed by atoms with E-state index in [9.17, 15) is 0 Å². The molecule has 0 N–H and O–H groups in total. The molecule has 0 amide bonds. The van der Waals surface area contributed by atoms with Crippen molar-refractivity contribution in [2.75, 3.05) is 26.2 Å². The van der Waals surface area contributed by atoms with E-state index in [4.69, 9.17) is 4.84 Å². The molecule has 2 unspecified atom stereocenters. The molecule has 1 heterocycles. The lowest BCUT2D eigenvalue weighted by atomic mass is 9.70. The number of fused-ring (bicyclic) bond motifs is 2. The SMILES string of the molecule is CC12CCC(C/C1=N\OCCN1CCCC1)C2(C)C. The molecule has 2 atom stereocenters. The van der Waals surface area contributed by atoms with Gasteiger partial charge in [0.25, 0.3) is 0 Å². The van der Waals surface area contributed by atoms with Crippen LogP contribution in [0.25, 0.3) is 0 Å². The van der Waals surface area contributed by atoms with E-state index >= 15 is 0 Å². The van der Waals surface area contributed by atoms with Crippen molar-refractivity contribution in [2.24, 2.45) is 21.9 Å². The highest BCUT2D eigenvalue weighted by atomic mass is 16.6. The van der Waals surface area contributed by atoms with E-state index in [2.05, 4.69) is 30.8 Å². The Morgan fingerprint density at radius 3 is 2.58 bits per heavy atom. The van der Waals surface area contributed by atoms with Crippen LogP contribution in [0.4, 0.5) is 0 Å². The molecule has 3 aliphatic rings. The van der Waals surface area contributed by atoms with Crippen LogP contribution in [0, 0.1) is 16.7 Å². The van der Waals surface area contributed by atoms with Crippen molar-refractivity contribution in [2.45, 2.75) is 52.9 Å². The fourth-order valence-corrected chi connectivity index (χ4v) is 4.37. The van der Waals surface area contributed by atoms with Crippen molar-refractivity contribution in [3.05, 3.63) is 0 Å². The van der Waals surface area contributed by atoms with Crippen LogP contribution in [0.3, 0.4) is 0 Å². The molecule has 2 saturated carbocycles. The Morgan fingerprint density at radius 2 is 2.00 bits per heavy atom. The van der Waals surface area contributed by atoms with E-state index in [0.29, 0.717) is 5.41 Å². The molecular formula is C16H28N2O. The molecule has 0 aromatic carbocycles. The molecule has 2 aliphatic carbocycles. The quantitative estimate of drug-likeness (QED) is 0.575. The number of rotatable bonds is 4. The number of hydrogen-bond donors (Lipinski definition) is 0. The summed E-state index contributed by atoms with van der Waals surface area (Å²) < 4.78 is 0. The van der Waals surface area contributed by atoms with Gasteiger partial charge >= 0.3 is 0 Å². The highest BCUT2D eigenvalue weighted by Crippen LogP contribution is 2.63. The Morgan fingerprint density at radius 1 is 1.26 bits per heavy atom. The van der Waals surface area contributed by atoms with Crippen molar-refractivity contribution in [3.63, 3.8) is 0 Å². The minimum atomic E-state index is 0.283. The second-order valence-corrected chi connectivity index (χ2v) is 7.41. The Labute approximate surface area is 117 Å². The zero-order chi connectivity index (χ0) is 13.5.